The molecule has 0 heterocycles. The fourth-order valence-electron chi connectivity index (χ4n) is 1.00. The maximum absolute atomic E-state index is 12.7. The summed E-state index contributed by atoms with van der Waals surface area (Å²) in [5.41, 5.74) is 0.116. The Morgan fingerprint density at radius 1 is 1.50 bits per heavy atom. The van der Waals surface area contributed by atoms with Crippen LogP contribution < -0.4 is 5.32 Å². The highest BCUT2D eigenvalue weighted by Gasteiger charge is 2.22. The van der Waals surface area contributed by atoms with Gasteiger partial charge in [-0.2, -0.15) is 0 Å². The second-order valence-corrected chi connectivity index (χ2v) is 4.23. The van der Waals surface area contributed by atoms with Gasteiger partial charge in [0.2, 0.25) is 0 Å². The molecule has 0 saturated heterocycles. The maximum Gasteiger partial charge on any atom is 0.262 e. The van der Waals surface area contributed by atoms with E-state index in [4.69, 9.17) is 0 Å². The molecule has 0 aliphatic heterocycles. The van der Waals surface area contributed by atoms with Crippen molar-refractivity contribution < 1.29 is 18.0 Å². The third-order valence-corrected chi connectivity index (χ3v) is 2.39. The number of hydrogen-bond donors (Lipinski definition) is 1. The van der Waals surface area contributed by atoms with Crippen molar-refractivity contribution in [3.63, 3.8) is 0 Å². The van der Waals surface area contributed by atoms with Crippen LogP contribution in [-0.2, 0) is 0 Å². The van der Waals surface area contributed by atoms with Gasteiger partial charge in [0.1, 0.15) is 5.82 Å². The second-order valence-electron chi connectivity index (χ2n) is 3.38. The van der Waals surface area contributed by atoms with Crippen LogP contribution in [0.25, 0.3) is 0 Å². The lowest BCUT2D eigenvalue weighted by atomic mass is 10.2. The molecule has 16 heavy (non-hydrogen) atoms. The predicted molar refractivity (Wildman–Crippen MR) is 57.1 cm³/mol. The van der Waals surface area contributed by atoms with Crippen LogP contribution in [0.2, 0.25) is 0 Å². The van der Waals surface area contributed by atoms with Crippen molar-refractivity contribution in [2.75, 3.05) is 6.54 Å². The SMILES string of the molecule is CC(F)(F)CNC(=O)c1ccc(F)cc1Br. The third-order valence-electron chi connectivity index (χ3n) is 1.74. The van der Waals surface area contributed by atoms with Gasteiger partial charge in [-0.05, 0) is 34.1 Å². The van der Waals surface area contributed by atoms with E-state index in [2.05, 4.69) is 21.2 Å². The largest absolute Gasteiger partial charge is 0.346 e. The molecule has 1 rings (SSSR count). The van der Waals surface area contributed by atoms with Crippen molar-refractivity contribution in [2.45, 2.75) is 12.8 Å². The number of nitrogens with one attached hydrogen (secondary N) is 1. The number of hydrogen-bond acceptors (Lipinski definition) is 1. The maximum atomic E-state index is 12.7. The zero-order valence-corrected chi connectivity index (χ0v) is 9.95. The fraction of sp³-hybridized carbons (Fsp3) is 0.300. The summed E-state index contributed by atoms with van der Waals surface area (Å²) in [4.78, 5) is 11.4. The Kier molecular flexibility index (Phi) is 3.96. The Labute approximate surface area is 99.0 Å². The van der Waals surface area contributed by atoms with Gasteiger partial charge >= 0.3 is 0 Å². The van der Waals surface area contributed by atoms with Crippen LogP contribution in [0, 0.1) is 5.82 Å². The van der Waals surface area contributed by atoms with Gasteiger partial charge in [-0.15, -0.1) is 0 Å². The van der Waals surface area contributed by atoms with Crippen molar-refractivity contribution in [2.24, 2.45) is 0 Å². The van der Waals surface area contributed by atoms with E-state index < -0.39 is 24.2 Å². The first kappa shape index (κ1) is 13.0. The summed E-state index contributed by atoms with van der Waals surface area (Å²) in [6, 6.07) is 3.41. The van der Waals surface area contributed by atoms with Gasteiger partial charge in [0.05, 0.1) is 12.1 Å². The molecular formula is C10H9BrF3NO. The molecule has 0 bridgehead atoms. The average Bonchev–Trinajstić information content (AvgIpc) is 2.13. The van der Waals surface area contributed by atoms with Crippen molar-refractivity contribution in [1.29, 1.82) is 0 Å². The van der Waals surface area contributed by atoms with Crippen LogP contribution in [-0.4, -0.2) is 18.4 Å². The van der Waals surface area contributed by atoms with E-state index in [1.54, 1.807) is 0 Å². The number of benzene rings is 1. The molecule has 0 atom stereocenters. The van der Waals surface area contributed by atoms with E-state index in [0.29, 0.717) is 6.92 Å². The van der Waals surface area contributed by atoms with Crippen LogP contribution in [0.5, 0.6) is 0 Å². The lowest BCUT2D eigenvalue weighted by molar-refractivity contribution is 0.0221. The number of alkyl halides is 2. The van der Waals surface area contributed by atoms with E-state index in [0.717, 1.165) is 12.1 Å². The molecule has 1 aromatic rings. The van der Waals surface area contributed by atoms with E-state index in [9.17, 15) is 18.0 Å². The Morgan fingerprint density at radius 3 is 2.62 bits per heavy atom. The van der Waals surface area contributed by atoms with Gasteiger partial charge in [-0.3, -0.25) is 4.79 Å². The lowest BCUT2D eigenvalue weighted by Crippen LogP contribution is -2.34. The van der Waals surface area contributed by atoms with Crippen LogP contribution >= 0.6 is 15.9 Å². The third kappa shape index (κ3) is 3.84. The monoisotopic (exact) mass is 295 g/mol. The molecule has 0 unspecified atom stereocenters. The Bertz CT molecular complexity index is 404. The molecule has 1 amide bonds. The molecule has 0 aliphatic carbocycles. The molecule has 0 aliphatic rings. The van der Waals surface area contributed by atoms with Crippen molar-refractivity contribution >= 4 is 21.8 Å². The molecule has 1 N–H and O–H groups in total. The van der Waals surface area contributed by atoms with Gasteiger partial charge < -0.3 is 5.32 Å². The van der Waals surface area contributed by atoms with Gasteiger partial charge in [-0.1, -0.05) is 0 Å². The summed E-state index contributed by atoms with van der Waals surface area (Å²) in [6.07, 6.45) is 0. The first-order valence-electron chi connectivity index (χ1n) is 4.41. The van der Waals surface area contributed by atoms with Gasteiger partial charge in [-0.25, -0.2) is 13.2 Å². The summed E-state index contributed by atoms with van der Waals surface area (Å²) in [7, 11) is 0. The first-order chi connectivity index (χ1) is 7.29. The topological polar surface area (TPSA) is 29.1 Å². The van der Waals surface area contributed by atoms with Crippen LogP contribution in [0.15, 0.2) is 22.7 Å². The van der Waals surface area contributed by atoms with Crippen LogP contribution in [0.3, 0.4) is 0 Å². The molecule has 0 radical (unpaired) electrons. The molecular weight excluding hydrogens is 287 g/mol. The fourth-order valence-corrected chi connectivity index (χ4v) is 1.54. The summed E-state index contributed by atoms with van der Waals surface area (Å²) < 4.78 is 37.9. The smallest absolute Gasteiger partial charge is 0.262 e. The van der Waals surface area contributed by atoms with E-state index in [1.165, 1.54) is 6.07 Å². The minimum absolute atomic E-state index is 0.116. The standard InChI is InChI=1S/C10H9BrF3NO/c1-10(13,14)5-15-9(16)7-3-2-6(12)4-8(7)11/h2-4H,5H2,1H3,(H,15,16). The van der Waals surface area contributed by atoms with Crippen LogP contribution in [0.4, 0.5) is 13.2 Å². The quantitative estimate of drug-likeness (QED) is 0.913. The molecule has 88 valence electrons. The second kappa shape index (κ2) is 4.86. The van der Waals surface area contributed by atoms with E-state index in [1.807, 2.05) is 0 Å². The first-order valence-corrected chi connectivity index (χ1v) is 5.20. The summed E-state index contributed by atoms with van der Waals surface area (Å²) >= 11 is 2.98. The number of rotatable bonds is 3. The van der Waals surface area contributed by atoms with Gasteiger partial charge in [0.15, 0.2) is 0 Å². The van der Waals surface area contributed by atoms with Gasteiger partial charge in [0, 0.05) is 11.4 Å². The summed E-state index contributed by atoms with van der Waals surface area (Å²) in [5, 5.41) is 2.06. The summed E-state index contributed by atoms with van der Waals surface area (Å²) in [5.74, 6) is -4.15. The molecule has 1 aromatic carbocycles. The average molecular weight is 296 g/mol. The van der Waals surface area contributed by atoms with Crippen molar-refractivity contribution in [3.05, 3.63) is 34.1 Å². The summed E-state index contributed by atoms with van der Waals surface area (Å²) in [6.45, 7) is -0.0529. The van der Waals surface area contributed by atoms with Crippen molar-refractivity contribution in [1.82, 2.24) is 5.32 Å². The molecule has 2 nitrogen and oxygen atoms in total. The normalized spacial score (nSPS) is 11.3. The zero-order valence-electron chi connectivity index (χ0n) is 8.36. The highest BCUT2D eigenvalue weighted by molar-refractivity contribution is 9.10. The molecule has 6 heteroatoms. The Balaban J connectivity index is 2.74. The lowest BCUT2D eigenvalue weighted by Gasteiger charge is -2.12. The molecule has 0 aromatic heterocycles. The molecule has 0 spiro atoms. The molecule has 0 fully saturated rings. The molecule has 0 saturated carbocycles. The number of amides is 1. The zero-order chi connectivity index (χ0) is 12.3. The Hall–Kier alpha value is -1.04. The minimum atomic E-state index is -2.97. The highest BCUT2D eigenvalue weighted by Crippen LogP contribution is 2.18. The number of carbonyl (C=O) groups is 1. The van der Waals surface area contributed by atoms with E-state index >= 15 is 0 Å². The Morgan fingerprint density at radius 2 is 2.12 bits per heavy atom. The highest BCUT2D eigenvalue weighted by atomic mass is 79.9. The predicted octanol–water partition coefficient (Wildman–Crippen LogP) is 2.97. The van der Waals surface area contributed by atoms with E-state index in [-0.39, 0.29) is 10.0 Å². The number of halogens is 4. The van der Waals surface area contributed by atoms with Gasteiger partial charge in [0.25, 0.3) is 11.8 Å². The number of carbonyl (C=O) groups excluding carboxylic acids is 1. The van der Waals surface area contributed by atoms with Crippen LogP contribution in [0.1, 0.15) is 17.3 Å². The minimum Gasteiger partial charge on any atom is -0.346 e. The van der Waals surface area contributed by atoms with Crippen molar-refractivity contribution in [3.8, 4) is 0 Å².